The van der Waals surface area contributed by atoms with E-state index in [0.717, 1.165) is 17.8 Å². The largest absolute Gasteiger partial charge is 0.461 e. The van der Waals surface area contributed by atoms with Gasteiger partial charge in [0.15, 0.2) is 21.9 Å². The third-order valence-corrected chi connectivity index (χ3v) is 6.12. The highest BCUT2D eigenvalue weighted by atomic mass is 79.9. The first-order valence-corrected chi connectivity index (χ1v) is 10.9. The molecule has 8 nitrogen and oxygen atoms in total. The maximum absolute atomic E-state index is 12.5. The molecule has 1 aliphatic rings. The summed E-state index contributed by atoms with van der Waals surface area (Å²) in [6.07, 6.45) is 1.65. The van der Waals surface area contributed by atoms with E-state index in [1.54, 1.807) is 41.4 Å². The van der Waals surface area contributed by atoms with E-state index in [0.29, 0.717) is 35.0 Å². The van der Waals surface area contributed by atoms with Crippen molar-refractivity contribution in [1.82, 2.24) is 15.0 Å². The zero-order valence-electron chi connectivity index (χ0n) is 15.6. The Morgan fingerprint density at radius 3 is 2.83 bits per heavy atom. The van der Waals surface area contributed by atoms with Crippen molar-refractivity contribution < 1.29 is 23.3 Å². The van der Waals surface area contributed by atoms with E-state index in [-0.39, 0.29) is 24.1 Å². The van der Waals surface area contributed by atoms with Gasteiger partial charge in [-0.05, 0) is 47.8 Å². The summed E-state index contributed by atoms with van der Waals surface area (Å²) in [5.41, 5.74) is 0.778. The fourth-order valence-corrected chi connectivity index (χ4v) is 4.49. The maximum atomic E-state index is 12.5. The fraction of sp³-hybridized carbons (Fsp3) is 0.368. The van der Waals surface area contributed by atoms with Crippen LogP contribution in [0.2, 0.25) is 0 Å². The van der Waals surface area contributed by atoms with Crippen molar-refractivity contribution in [1.29, 1.82) is 0 Å². The van der Waals surface area contributed by atoms with Crippen LogP contribution in [0.15, 0.2) is 37.2 Å². The van der Waals surface area contributed by atoms with Crippen LogP contribution in [0.1, 0.15) is 51.7 Å². The van der Waals surface area contributed by atoms with E-state index in [1.807, 2.05) is 5.38 Å². The summed E-state index contributed by atoms with van der Waals surface area (Å²) in [5.74, 6) is 0.440. The Balaban J connectivity index is 1.38. The average molecular weight is 480 g/mol. The van der Waals surface area contributed by atoms with Crippen molar-refractivity contribution in [3.05, 3.63) is 44.7 Å². The summed E-state index contributed by atoms with van der Waals surface area (Å²) in [6, 6.07) is 4.93. The van der Waals surface area contributed by atoms with Gasteiger partial charge >= 0.3 is 5.97 Å². The van der Waals surface area contributed by atoms with E-state index in [2.05, 4.69) is 26.1 Å². The van der Waals surface area contributed by atoms with Gasteiger partial charge < -0.3 is 18.6 Å². The molecule has 0 bridgehead atoms. The van der Waals surface area contributed by atoms with Gasteiger partial charge in [0.05, 0.1) is 11.6 Å². The summed E-state index contributed by atoms with van der Waals surface area (Å²) in [7, 11) is 0. The van der Waals surface area contributed by atoms with E-state index in [1.165, 1.54) is 0 Å². The van der Waals surface area contributed by atoms with Crippen LogP contribution in [-0.2, 0) is 4.74 Å². The number of likely N-dealkylation sites (tertiary alicyclic amines) is 1. The topological polar surface area (TPSA) is 98.7 Å². The predicted molar refractivity (Wildman–Crippen MR) is 108 cm³/mol. The predicted octanol–water partition coefficient (Wildman–Crippen LogP) is 4.35. The normalized spacial score (nSPS) is 14.9. The molecule has 0 saturated carbocycles. The molecule has 152 valence electrons. The zero-order valence-corrected chi connectivity index (χ0v) is 18.0. The maximum Gasteiger partial charge on any atom is 0.360 e. The van der Waals surface area contributed by atoms with Crippen molar-refractivity contribution in [2.45, 2.75) is 25.7 Å². The number of hydrogen-bond acceptors (Lipinski definition) is 8. The van der Waals surface area contributed by atoms with Gasteiger partial charge in [0.25, 0.3) is 5.91 Å². The van der Waals surface area contributed by atoms with Gasteiger partial charge in [0.2, 0.25) is 0 Å². The van der Waals surface area contributed by atoms with Crippen molar-refractivity contribution in [3.63, 3.8) is 0 Å². The summed E-state index contributed by atoms with van der Waals surface area (Å²) in [5, 5.41) is 6.63. The minimum absolute atomic E-state index is 0.0952. The molecule has 3 aromatic rings. The number of amides is 1. The second-order valence-electron chi connectivity index (χ2n) is 6.54. The van der Waals surface area contributed by atoms with Gasteiger partial charge in [-0.15, -0.1) is 11.3 Å². The Bertz CT molecular complexity index is 1020. The molecule has 3 aromatic heterocycles. The fourth-order valence-electron chi connectivity index (χ4n) is 3.20. The average Bonchev–Trinajstić information content (AvgIpc) is 3.48. The lowest BCUT2D eigenvalue weighted by molar-refractivity contribution is 0.0514. The summed E-state index contributed by atoms with van der Waals surface area (Å²) in [4.78, 5) is 30.7. The third-order valence-electron chi connectivity index (χ3n) is 4.68. The van der Waals surface area contributed by atoms with Crippen molar-refractivity contribution in [2.75, 3.05) is 19.7 Å². The molecule has 0 aromatic carbocycles. The van der Waals surface area contributed by atoms with Gasteiger partial charge in [-0.25, -0.2) is 9.78 Å². The Morgan fingerprint density at radius 2 is 2.14 bits per heavy atom. The van der Waals surface area contributed by atoms with Crippen LogP contribution in [0.3, 0.4) is 0 Å². The Labute approximate surface area is 179 Å². The Kier molecular flexibility index (Phi) is 5.81. The van der Waals surface area contributed by atoms with E-state index in [9.17, 15) is 9.59 Å². The molecule has 4 heterocycles. The molecule has 1 saturated heterocycles. The van der Waals surface area contributed by atoms with Gasteiger partial charge in [-0.2, -0.15) is 0 Å². The summed E-state index contributed by atoms with van der Waals surface area (Å²) in [6.45, 7) is 3.30. The van der Waals surface area contributed by atoms with Crippen molar-refractivity contribution >= 4 is 39.1 Å². The molecule has 10 heteroatoms. The zero-order chi connectivity index (χ0) is 20.4. The molecule has 0 aliphatic carbocycles. The Morgan fingerprint density at radius 1 is 1.34 bits per heavy atom. The first-order chi connectivity index (χ1) is 14.0. The number of ether oxygens (including phenoxy) is 1. The van der Waals surface area contributed by atoms with Gasteiger partial charge in [-0.3, -0.25) is 4.79 Å². The quantitative estimate of drug-likeness (QED) is 0.501. The lowest BCUT2D eigenvalue weighted by atomic mass is 9.97. The number of rotatable bonds is 5. The van der Waals surface area contributed by atoms with Crippen molar-refractivity contribution in [3.8, 4) is 11.5 Å². The molecule has 0 radical (unpaired) electrons. The molecule has 1 aliphatic heterocycles. The molecule has 0 N–H and O–H groups in total. The summed E-state index contributed by atoms with van der Waals surface area (Å²) >= 11 is 4.77. The Hall–Kier alpha value is -2.46. The van der Waals surface area contributed by atoms with Crippen LogP contribution in [-0.4, -0.2) is 46.6 Å². The van der Waals surface area contributed by atoms with Gasteiger partial charge in [0.1, 0.15) is 5.69 Å². The molecule has 1 amide bonds. The number of nitrogens with zero attached hydrogens (tertiary/aromatic N) is 3. The molecule has 29 heavy (non-hydrogen) atoms. The highest BCUT2D eigenvalue weighted by molar-refractivity contribution is 9.10. The highest BCUT2D eigenvalue weighted by Crippen LogP contribution is 2.33. The van der Waals surface area contributed by atoms with Gasteiger partial charge in [0, 0.05) is 30.5 Å². The first kappa shape index (κ1) is 19.8. The first-order valence-electron chi connectivity index (χ1n) is 9.19. The summed E-state index contributed by atoms with van der Waals surface area (Å²) < 4.78 is 16.1. The standard InChI is InChI=1S/C19H18BrN3O5S/c1-2-26-19(25)12-9-15(28-22-12)13-10-29-17(21-13)11-5-7-23(8-6-11)18(24)14-3-4-16(20)27-14/h3-4,9-11H,2,5-8H2,1H3. The molecule has 0 unspecified atom stereocenters. The lowest BCUT2D eigenvalue weighted by Gasteiger charge is -2.30. The monoisotopic (exact) mass is 479 g/mol. The van der Waals surface area contributed by atoms with Crippen LogP contribution in [0.5, 0.6) is 0 Å². The number of carbonyl (C=O) groups excluding carboxylic acids is 2. The van der Waals surface area contributed by atoms with Crippen LogP contribution in [0.4, 0.5) is 0 Å². The second kappa shape index (κ2) is 8.50. The molecular formula is C19H18BrN3O5S. The minimum atomic E-state index is -0.515. The lowest BCUT2D eigenvalue weighted by Crippen LogP contribution is -2.37. The number of carbonyl (C=O) groups is 2. The molecular weight excluding hydrogens is 462 g/mol. The van der Waals surface area contributed by atoms with Crippen LogP contribution in [0, 0.1) is 0 Å². The molecule has 4 rings (SSSR count). The number of furan rings is 1. The van der Waals surface area contributed by atoms with Gasteiger partial charge in [-0.1, -0.05) is 5.16 Å². The molecule has 0 spiro atoms. The number of hydrogen-bond donors (Lipinski definition) is 0. The van der Waals surface area contributed by atoms with Crippen LogP contribution < -0.4 is 0 Å². The molecule has 0 atom stereocenters. The number of piperidine rings is 1. The van der Waals surface area contributed by atoms with E-state index >= 15 is 0 Å². The SMILES string of the molecule is CCOC(=O)c1cc(-c2csc(C3CCN(C(=O)c4ccc(Br)o4)CC3)n2)on1. The number of thiazole rings is 1. The van der Waals surface area contributed by atoms with Crippen LogP contribution in [0.25, 0.3) is 11.5 Å². The third kappa shape index (κ3) is 4.27. The van der Waals surface area contributed by atoms with Crippen LogP contribution >= 0.6 is 27.3 Å². The number of aromatic nitrogens is 2. The van der Waals surface area contributed by atoms with Crippen molar-refractivity contribution in [2.24, 2.45) is 0 Å². The molecule has 1 fully saturated rings. The number of esters is 1. The van der Waals surface area contributed by atoms with E-state index in [4.69, 9.17) is 13.7 Å². The smallest absolute Gasteiger partial charge is 0.360 e. The highest BCUT2D eigenvalue weighted by Gasteiger charge is 2.28. The minimum Gasteiger partial charge on any atom is -0.461 e. The second-order valence-corrected chi connectivity index (χ2v) is 8.21. The van der Waals surface area contributed by atoms with E-state index < -0.39 is 5.97 Å². The number of halogens is 1.